The molecule has 4 heterocycles. The summed E-state index contributed by atoms with van der Waals surface area (Å²) in [5, 5.41) is 21.0. The predicted molar refractivity (Wildman–Crippen MR) is 232 cm³/mol. The van der Waals surface area contributed by atoms with Crippen LogP contribution in [0.25, 0.3) is 20.7 Å². The van der Waals surface area contributed by atoms with Gasteiger partial charge in [-0.15, -0.1) is 24.5 Å². The molecule has 16 heteroatoms. The van der Waals surface area contributed by atoms with Crippen molar-refractivity contribution >= 4 is 79.5 Å². The van der Waals surface area contributed by atoms with E-state index in [0.717, 1.165) is 59.9 Å². The van der Waals surface area contributed by atoms with Crippen molar-refractivity contribution in [1.82, 2.24) is 9.78 Å². The third-order valence-corrected chi connectivity index (χ3v) is 14.8. The molecule has 2 aromatic heterocycles. The van der Waals surface area contributed by atoms with Crippen LogP contribution < -0.4 is 19.9 Å². The van der Waals surface area contributed by atoms with E-state index < -0.39 is 76.5 Å². The summed E-state index contributed by atoms with van der Waals surface area (Å²) in [6.07, 6.45) is -3.25. The highest BCUT2D eigenvalue weighted by molar-refractivity contribution is 7.22. The van der Waals surface area contributed by atoms with Crippen LogP contribution in [0.5, 0.6) is 11.5 Å². The first-order chi connectivity index (χ1) is 30.0. The van der Waals surface area contributed by atoms with Gasteiger partial charge in [0, 0.05) is 45.7 Å². The molecule has 10 rings (SSSR count). The number of anilines is 4. The normalized spacial score (nSPS) is 24.4. The number of aromatic nitrogens is 2. The molecule has 0 radical (unpaired) electrons. The molecule has 320 valence electrons. The molecule has 4 amide bonds. The molecule has 6 unspecified atom stereocenters. The molecule has 6 aromatic rings. The third-order valence-electron chi connectivity index (χ3n) is 13.2. The monoisotopic (exact) mass is 891 g/mol. The van der Waals surface area contributed by atoms with Gasteiger partial charge < -0.3 is 15.2 Å². The van der Waals surface area contributed by atoms with Gasteiger partial charge in [0.15, 0.2) is 0 Å². The average molecular weight is 892 g/mol. The summed E-state index contributed by atoms with van der Waals surface area (Å²) < 4.78 is 47.6. The SMILES string of the molecule is Cc1c(-c2cc(N3C(=O)C4CC5C(=CCC6C(=O)N(c7ccc(Nc8ccccc8)cc7)C(=O)C65)C(c5cc(OC(F)(F)F)ccc5O)C4(C)C3=O)n(C)n2)sc2ccc(Cl)cc12. The molecule has 2 N–H and O–H groups in total. The van der Waals surface area contributed by atoms with E-state index in [1.807, 2.05) is 49.4 Å². The Morgan fingerprint density at radius 3 is 2.35 bits per heavy atom. The maximum atomic E-state index is 15.2. The number of carbonyl (C=O) groups excluding carboxylic acids is 4. The molecule has 63 heavy (non-hydrogen) atoms. The molecule has 3 fully saturated rings. The van der Waals surface area contributed by atoms with Crippen LogP contribution in [0, 0.1) is 36.0 Å². The number of nitrogens with zero attached hydrogens (tertiary/aromatic N) is 4. The third kappa shape index (κ3) is 6.42. The maximum Gasteiger partial charge on any atom is 0.573 e. The highest BCUT2D eigenvalue weighted by Crippen LogP contribution is 2.65. The molecule has 0 spiro atoms. The molecule has 2 saturated heterocycles. The first-order valence-corrected chi connectivity index (χ1v) is 21.4. The predicted octanol–water partition coefficient (Wildman–Crippen LogP) is 10.0. The van der Waals surface area contributed by atoms with E-state index in [0.29, 0.717) is 22.0 Å². The number of alkyl halides is 3. The second-order valence-electron chi connectivity index (χ2n) is 16.7. The van der Waals surface area contributed by atoms with Crippen LogP contribution in [0.4, 0.5) is 36.1 Å². The number of halogens is 4. The number of imide groups is 2. The fourth-order valence-corrected chi connectivity index (χ4v) is 11.7. The molecular formula is C47H37ClF3N5O6S. The Balaban J connectivity index is 1.05. The summed E-state index contributed by atoms with van der Waals surface area (Å²) in [6, 6.07) is 26.6. The molecule has 11 nitrogen and oxygen atoms in total. The summed E-state index contributed by atoms with van der Waals surface area (Å²) in [7, 11) is 1.61. The number of fused-ring (bicyclic) bond motifs is 5. The quantitative estimate of drug-likeness (QED) is 0.120. The van der Waals surface area contributed by atoms with Crippen molar-refractivity contribution < 1.29 is 42.2 Å². The number of carbonyl (C=O) groups is 4. The van der Waals surface area contributed by atoms with E-state index in [-0.39, 0.29) is 24.2 Å². The van der Waals surface area contributed by atoms with Gasteiger partial charge in [-0.1, -0.05) is 41.4 Å². The molecule has 1 saturated carbocycles. The van der Waals surface area contributed by atoms with E-state index >= 15 is 9.59 Å². The zero-order valence-corrected chi connectivity index (χ0v) is 35.4. The van der Waals surface area contributed by atoms with Crippen molar-refractivity contribution in [3.05, 3.63) is 125 Å². The van der Waals surface area contributed by atoms with Crippen molar-refractivity contribution in [2.75, 3.05) is 15.1 Å². The van der Waals surface area contributed by atoms with Crippen LogP contribution in [0.2, 0.25) is 5.02 Å². The molecule has 6 atom stereocenters. The van der Waals surface area contributed by atoms with Crippen LogP contribution in [0.15, 0.2) is 109 Å². The van der Waals surface area contributed by atoms with Crippen LogP contribution in [-0.2, 0) is 26.2 Å². The zero-order chi connectivity index (χ0) is 44.3. The number of aromatic hydroxyl groups is 1. The lowest BCUT2D eigenvalue weighted by atomic mass is 9.51. The number of rotatable bonds is 7. The largest absolute Gasteiger partial charge is 0.573 e. The number of hydrogen-bond donors (Lipinski definition) is 2. The summed E-state index contributed by atoms with van der Waals surface area (Å²) >= 11 is 7.79. The van der Waals surface area contributed by atoms with Gasteiger partial charge in [-0.05, 0) is 116 Å². The van der Waals surface area contributed by atoms with Crippen LogP contribution in [0.3, 0.4) is 0 Å². The Hall–Kier alpha value is -6.45. The minimum absolute atomic E-state index is 0.0196. The van der Waals surface area contributed by atoms with E-state index in [4.69, 9.17) is 16.7 Å². The minimum Gasteiger partial charge on any atom is -0.508 e. The van der Waals surface area contributed by atoms with Crippen LogP contribution >= 0.6 is 22.9 Å². The number of allylic oxidation sites excluding steroid dienone is 2. The van der Waals surface area contributed by atoms with Gasteiger partial charge >= 0.3 is 6.36 Å². The van der Waals surface area contributed by atoms with Crippen molar-refractivity contribution in [2.24, 2.45) is 36.1 Å². The minimum atomic E-state index is -5.07. The van der Waals surface area contributed by atoms with Gasteiger partial charge in [-0.3, -0.25) is 28.8 Å². The Labute approximate surface area is 367 Å². The van der Waals surface area contributed by atoms with E-state index in [1.54, 1.807) is 56.4 Å². The second kappa shape index (κ2) is 14.6. The number of para-hydroxylation sites is 1. The number of amides is 4. The highest BCUT2D eigenvalue weighted by Gasteiger charge is 2.68. The maximum absolute atomic E-state index is 15.2. The Morgan fingerprint density at radius 2 is 1.62 bits per heavy atom. The lowest BCUT2D eigenvalue weighted by Gasteiger charge is -2.49. The van der Waals surface area contributed by atoms with Crippen molar-refractivity contribution in [1.29, 1.82) is 0 Å². The molecule has 0 bridgehead atoms. The number of phenols is 1. The van der Waals surface area contributed by atoms with Gasteiger partial charge in [0.1, 0.15) is 23.0 Å². The molecule has 4 aliphatic rings. The molecule has 4 aromatic carbocycles. The van der Waals surface area contributed by atoms with Crippen LogP contribution in [0.1, 0.15) is 36.8 Å². The van der Waals surface area contributed by atoms with Gasteiger partial charge in [-0.2, -0.15) is 5.10 Å². The lowest BCUT2D eigenvalue weighted by Crippen LogP contribution is -2.49. The Bertz CT molecular complexity index is 2950. The molecular weight excluding hydrogens is 855 g/mol. The number of ether oxygens (including phenoxy) is 1. The number of aryl methyl sites for hydroxylation is 2. The van der Waals surface area contributed by atoms with E-state index in [2.05, 4.69) is 10.1 Å². The first-order valence-electron chi connectivity index (χ1n) is 20.2. The van der Waals surface area contributed by atoms with Gasteiger partial charge in [0.25, 0.3) is 0 Å². The first kappa shape index (κ1) is 40.6. The number of phenolic OH excluding ortho intramolecular Hbond substituents is 1. The number of benzene rings is 4. The summed E-state index contributed by atoms with van der Waals surface area (Å²) in [6.45, 7) is 3.52. The summed E-state index contributed by atoms with van der Waals surface area (Å²) in [4.78, 5) is 62.2. The number of thiophene rings is 1. The molecule has 2 aliphatic carbocycles. The van der Waals surface area contributed by atoms with Gasteiger partial charge in [0.05, 0.1) is 33.7 Å². The summed E-state index contributed by atoms with van der Waals surface area (Å²) in [5.74, 6) is -7.98. The van der Waals surface area contributed by atoms with Crippen LogP contribution in [-0.4, -0.2) is 44.9 Å². The van der Waals surface area contributed by atoms with Crippen molar-refractivity contribution in [3.8, 4) is 22.1 Å². The number of hydrogen-bond acceptors (Lipinski definition) is 9. The van der Waals surface area contributed by atoms with Gasteiger partial charge in [-0.25, -0.2) is 4.90 Å². The average Bonchev–Trinajstić information content (AvgIpc) is 3.92. The molecule has 2 aliphatic heterocycles. The lowest BCUT2D eigenvalue weighted by molar-refractivity contribution is -0.274. The van der Waals surface area contributed by atoms with Crippen molar-refractivity contribution in [3.63, 3.8) is 0 Å². The number of nitrogens with one attached hydrogen (secondary N) is 1. The fourth-order valence-electron chi connectivity index (χ4n) is 10.4. The van der Waals surface area contributed by atoms with Gasteiger partial charge in [0.2, 0.25) is 23.6 Å². The van der Waals surface area contributed by atoms with E-state index in [9.17, 15) is 27.9 Å². The van der Waals surface area contributed by atoms with E-state index in [1.165, 1.54) is 16.0 Å². The smallest absolute Gasteiger partial charge is 0.508 e. The standard InChI is InChI=1S/C47H37ClF3N5O6S/c1-23-31-19-24(48)9-18-37(31)63-41(23)35-22-38(54(3)53-35)56-43(59)34-21-32-29(40(46(34,2)45(56)61)33-20-28(14-17-36(33)57)62-47(49,50)51)15-16-30-39(32)44(60)55(42(30)58)27-12-10-26(11-13-27)52-25-7-5-4-6-8-25/h4-15,17-20,22,30,32,34,39-40,52,57H,16,21H2,1-3H3. The Kier molecular flexibility index (Phi) is 9.39. The second-order valence-corrected chi connectivity index (χ2v) is 18.2. The highest BCUT2D eigenvalue weighted by atomic mass is 35.5. The topological polar surface area (TPSA) is 134 Å². The zero-order valence-electron chi connectivity index (χ0n) is 33.8. The fraction of sp³-hybridized carbons (Fsp3) is 0.255. The Morgan fingerprint density at radius 1 is 0.889 bits per heavy atom. The van der Waals surface area contributed by atoms with Crippen molar-refractivity contribution in [2.45, 2.75) is 39.0 Å². The summed E-state index contributed by atoms with van der Waals surface area (Å²) in [5.41, 5.74) is 2.07.